The van der Waals surface area contributed by atoms with E-state index in [1.165, 1.54) is 5.56 Å². The molecular weight excluding hydrogens is 377 g/mol. The Balaban J connectivity index is 0.00000169. The summed E-state index contributed by atoms with van der Waals surface area (Å²) in [4.78, 5) is 14.5. The molecule has 2 N–H and O–H groups in total. The maximum Gasteiger partial charge on any atom is 0.226 e. The van der Waals surface area contributed by atoms with Gasteiger partial charge in [0.15, 0.2) is 0 Å². The Bertz CT molecular complexity index is 533. The monoisotopic (exact) mass is 405 g/mol. The highest BCUT2D eigenvalue weighted by Crippen LogP contribution is 2.22. The normalized spacial score (nSPS) is 21.8. The Morgan fingerprint density at radius 3 is 2.50 bits per heavy atom. The molecule has 148 valence electrons. The van der Waals surface area contributed by atoms with Crippen molar-refractivity contribution in [2.45, 2.75) is 25.4 Å². The van der Waals surface area contributed by atoms with Gasteiger partial charge in [0, 0.05) is 43.8 Å². The highest BCUT2D eigenvalue weighted by atomic mass is 35.5. The van der Waals surface area contributed by atoms with E-state index in [9.17, 15) is 4.79 Å². The van der Waals surface area contributed by atoms with Gasteiger partial charge in [0.05, 0.1) is 26.4 Å². The molecule has 0 bridgehead atoms. The van der Waals surface area contributed by atoms with Crippen LogP contribution in [0, 0.1) is 0 Å². The van der Waals surface area contributed by atoms with E-state index in [2.05, 4.69) is 34.6 Å². The maximum atomic E-state index is 12.1. The van der Waals surface area contributed by atoms with Gasteiger partial charge in [-0.2, -0.15) is 0 Å². The van der Waals surface area contributed by atoms with Crippen LogP contribution in [-0.4, -0.2) is 62.9 Å². The minimum Gasteiger partial charge on any atom is -0.379 e. The lowest BCUT2D eigenvalue weighted by Gasteiger charge is -2.32. The molecule has 0 spiro atoms. The fraction of sp³-hybridized carbons (Fsp3) is 0.611. The van der Waals surface area contributed by atoms with Gasteiger partial charge >= 0.3 is 0 Å². The number of carbonyl (C=O) groups excluding carboxylic acids is 1. The van der Waals surface area contributed by atoms with Gasteiger partial charge in [0.25, 0.3) is 0 Å². The third kappa shape index (κ3) is 6.68. The van der Waals surface area contributed by atoms with Crippen LogP contribution in [0.3, 0.4) is 0 Å². The molecule has 3 rings (SSSR count). The van der Waals surface area contributed by atoms with E-state index in [-0.39, 0.29) is 36.8 Å². The van der Waals surface area contributed by atoms with E-state index in [1.54, 1.807) is 0 Å². The van der Waals surface area contributed by atoms with Crippen LogP contribution in [0.2, 0.25) is 0 Å². The predicted molar refractivity (Wildman–Crippen MR) is 108 cm³/mol. The lowest BCUT2D eigenvalue weighted by atomic mass is 10.1. The zero-order chi connectivity index (χ0) is 16.8. The minimum atomic E-state index is 0. The Morgan fingerprint density at radius 2 is 1.88 bits per heavy atom. The van der Waals surface area contributed by atoms with Crippen LogP contribution in [0.15, 0.2) is 24.3 Å². The number of hydrogen-bond acceptors (Lipinski definition) is 5. The van der Waals surface area contributed by atoms with Gasteiger partial charge in [-0.25, -0.2) is 0 Å². The summed E-state index contributed by atoms with van der Waals surface area (Å²) in [5, 5.41) is 6.26. The molecule has 2 unspecified atom stereocenters. The van der Waals surface area contributed by atoms with E-state index >= 15 is 0 Å². The first-order valence-corrected chi connectivity index (χ1v) is 8.75. The van der Waals surface area contributed by atoms with Gasteiger partial charge in [0.2, 0.25) is 5.91 Å². The van der Waals surface area contributed by atoms with Gasteiger partial charge in [0.1, 0.15) is 0 Å². The Labute approximate surface area is 167 Å². The predicted octanol–water partition coefficient (Wildman–Crippen LogP) is 2.24. The van der Waals surface area contributed by atoms with Crippen molar-refractivity contribution in [1.82, 2.24) is 10.2 Å². The summed E-state index contributed by atoms with van der Waals surface area (Å²) < 4.78 is 10.8. The van der Waals surface area contributed by atoms with Crippen molar-refractivity contribution >= 4 is 36.4 Å². The summed E-state index contributed by atoms with van der Waals surface area (Å²) in [6.45, 7) is 7.89. The van der Waals surface area contributed by atoms with Crippen LogP contribution in [0.5, 0.6) is 0 Å². The lowest BCUT2D eigenvalue weighted by molar-refractivity contribution is -0.117. The summed E-state index contributed by atoms with van der Waals surface area (Å²) in [6, 6.07) is 8.63. The smallest absolute Gasteiger partial charge is 0.226 e. The second-order valence-corrected chi connectivity index (χ2v) is 6.42. The van der Waals surface area contributed by atoms with Crippen LogP contribution < -0.4 is 10.6 Å². The molecule has 26 heavy (non-hydrogen) atoms. The molecule has 0 aliphatic carbocycles. The van der Waals surface area contributed by atoms with Crippen LogP contribution in [0.4, 0.5) is 5.69 Å². The van der Waals surface area contributed by atoms with Crippen LogP contribution >= 0.6 is 24.8 Å². The zero-order valence-corrected chi connectivity index (χ0v) is 16.7. The molecule has 2 aliphatic heterocycles. The van der Waals surface area contributed by atoms with Crippen molar-refractivity contribution in [1.29, 1.82) is 0 Å². The van der Waals surface area contributed by atoms with Crippen LogP contribution in [0.1, 0.15) is 24.9 Å². The average Bonchev–Trinajstić information content (AvgIpc) is 2.63. The first-order valence-electron chi connectivity index (χ1n) is 8.75. The zero-order valence-electron chi connectivity index (χ0n) is 15.1. The number of amides is 1. The molecule has 0 radical (unpaired) electrons. The van der Waals surface area contributed by atoms with E-state index in [1.807, 2.05) is 12.1 Å². The number of carbonyl (C=O) groups is 1. The van der Waals surface area contributed by atoms with E-state index < -0.39 is 0 Å². The Hall–Kier alpha value is -0.890. The average molecular weight is 406 g/mol. The van der Waals surface area contributed by atoms with Gasteiger partial charge in [-0.05, 0) is 24.6 Å². The van der Waals surface area contributed by atoms with Crippen molar-refractivity contribution in [2.75, 3.05) is 51.4 Å². The first kappa shape index (κ1) is 23.1. The summed E-state index contributed by atoms with van der Waals surface area (Å²) in [5.41, 5.74) is 2.10. The van der Waals surface area contributed by atoms with Crippen molar-refractivity contribution in [3.05, 3.63) is 29.8 Å². The molecule has 2 atom stereocenters. The van der Waals surface area contributed by atoms with Crippen molar-refractivity contribution in [3.8, 4) is 0 Å². The number of rotatable bonds is 5. The Kier molecular flexibility index (Phi) is 10.5. The number of nitrogens with zero attached hydrogens (tertiary/aromatic N) is 1. The minimum absolute atomic E-state index is 0. The molecule has 2 fully saturated rings. The van der Waals surface area contributed by atoms with Gasteiger partial charge in [-0.15, -0.1) is 24.8 Å². The number of anilines is 1. The molecule has 6 nitrogen and oxygen atoms in total. The fourth-order valence-electron chi connectivity index (χ4n) is 3.21. The maximum absolute atomic E-state index is 12.1. The molecular formula is C18H29Cl2N3O3. The number of benzene rings is 1. The quantitative estimate of drug-likeness (QED) is 0.786. The second-order valence-electron chi connectivity index (χ2n) is 6.42. The third-order valence-electron chi connectivity index (χ3n) is 4.70. The lowest BCUT2D eigenvalue weighted by Crippen LogP contribution is -2.43. The molecule has 1 aromatic rings. The summed E-state index contributed by atoms with van der Waals surface area (Å²) >= 11 is 0. The van der Waals surface area contributed by atoms with E-state index in [4.69, 9.17) is 9.47 Å². The molecule has 1 aromatic carbocycles. The standard InChI is InChI=1S/C18H27N3O3.2ClH/c1-14(21-7-10-23-11-8-21)15-2-4-16(5-3-15)20-18(22)12-17-13-24-9-6-19-17;;/h2-5,14,17,19H,6-13H2,1H3,(H,20,22);2*1H. The summed E-state index contributed by atoms with van der Waals surface area (Å²) in [6.07, 6.45) is 0.436. The molecule has 0 aromatic heterocycles. The van der Waals surface area contributed by atoms with Crippen LogP contribution in [0.25, 0.3) is 0 Å². The molecule has 2 saturated heterocycles. The highest BCUT2D eigenvalue weighted by molar-refractivity contribution is 5.91. The number of morpholine rings is 2. The number of ether oxygens (including phenoxy) is 2. The topological polar surface area (TPSA) is 62.8 Å². The summed E-state index contributed by atoms with van der Waals surface area (Å²) in [7, 11) is 0. The molecule has 1 amide bonds. The number of hydrogen-bond donors (Lipinski definition) is 2. The number of nitrogens with one attached hydrogen (secondary N) is 2. The molecule has 2 aliphatic rings. The van der Waals surface area contributed by atoms with Crippen molar-refractivity contribution in [3.63, 3.8) is 0 Å². The van der Waals surface area contributed by atoms with Gasteiger partial charge in [-0.3, -0.25) is 9.69 Å². The molecule has 0 saturated carbocycles. The largest absolute Gasteiger partial charge is 0.379 e. The fourth-order valence-corrected chi connectivity index (χ4v) is 3.21. The second kappa shape index (κ2) is 11.7. The first-order chi connectivity index (χ1) is 11.7. The summed E-state index contributed by atoms with van der Waals surface area (Å²) in [5.74, 6) is 0.0203. The third-order valence-corrected chi connectivity index (χ3v) is 4.70. The Morgan fingerprint density at radius 1 is 1.19 bits per heavy atom. The van der Waals surface area contributed by atoms with E-state index in [0.717, 1.165) is 45.1 Å². The van der Waals surface area contributed by atoms with Gasteiger partial charge < -0.3 is 20.1 Å². The van der Waals surface area contributed by atoms with E-state index in [0.29, 0.717) is 19.1 Å². The molecule has 8 heteroatoms. The van der Waals surface area contributed by atoms with Gasteiger partial charge in [-0.1, -0.05) is 12.1 Å². The molecule has 2 heterocycles. The van der Waals surface area contributed by atoms with Crippen molar-refractivity contribution in [2.24, 2.45) is 0 Å². The van der Waals surface area contributed by atoms with Crippen molar-refractivity contribution < 1.29 is 14.3 Å². The number of halogens is 2. The SMILES string of the molecule is CC(c1ccc(NC(=O)CC2COCCN2)cc1)N1CCOCC1.Cl.Cl. The highest BCUT2D eigenvalue weighted by Gasteiger charge is 2.19. The van der Waals surface area contributed by atoms with Crippen LogP contribution in [-0.2, 0) is 14.3 Å².